The molecule has 3 N–H and O–H groups in total. The van der Waals surface area contributed by atoms with Crippen LogP contribution in [0.15, 0.2) is 18.2 Å². The van der Waals surface area contributed by atoms with E-state index in [1.54, 1.807) is 6.07 Å². The predicted octanol–water partition coefficient (Wildman–Crippen LogP) is 4.25. The summed E-state index contributed by atoms with van der Waals surface area (Å²) in [6, 6.07) is 5.08. The number of hydrogen-bond acceptors (Lipinski definition) is 2. The van der Waals surface area contributed by atoms with Gasteiger partial charge in [-0.1, -0.05) is 38.7 Å². The largest absolute Gasteiger partial charge is 0.271 e. The first-order valence-electron chi connectivity index (χ1n) is 7.87. The van der Waals surface area contributed by atoms with Gasteiger partial charge in [0.2, 0.25) is 0 Å². The molecule has 20 heavy (non-hydrogen) atoms. The monoisotopic (exact) mass is 278 g/mol. The highest BCUT2D eigenvalue weighted by molar-refractivity contribution is 5.30. The Balaban J connectivity index is 2.07. The van der Waals surface area contributed by atoms with Crippen LogP contribution < -0.4 is 11.3 Å². The summed E-state index contributed by atoms with van der Waals surface area (Å²) in [4.78, 5) is 0. The number of rotatable bonds is 5. The van der Waals surface area contributed by atoms with Gasteiger partial charge in [0.15, 0.2) is 0 Å². The third-order valence-corrected chi connectivity index (χ3v) is 4.82. The van der Waals surface area contributed by atoms with Crippen LogP contribution >= 0.6 is 0 Å². The van der Waals surface area contributed by atoms with Gasteiger partial charge in [-0.05, 0) is 54.9 Å². The molecule has 1 aromatic carbocycles. The Hall–Kier alpha value is -0.930. The van der Waals surface area contributed by atoms with Crippen LogP contribution in [0.4, 0.5) is 4.39 Å². The third-order valence-electron chi connectivity index (χ3n) is 4.82. The lowest BCUT2D eigenvalue weighted by atomic mass is 9.75. The minimum Gasteiger partial charge on any atom is -0.271 e. The van der Waals surface area contributed by atoms with Crippen molar-refractivity contribution in [3.8, 4) is 0 Å². The van der Waals surface area contributed by atoms with E-state index in [-0.39, 0.29) is 11.9 Å². The van der Waals surface area contributed by atoms with Gasteiger partial charge >= 0.3 is 0 Å². The summed E-state index contributed by atoms with van der Waals surface area (Å²) >= 11 is 0. The van der Waals surface area contributed by atoms with Crippen molar-refractivity contribution in [1.82, 2.24) is 5.43 Å². The van der Waals surface area contributed by atoms with Crippen molar-refractivity contribution in [2.75, 3.05) is 0 Å². The molecule has 0 heterocycles. The van der Waals surface area contributed by atoms with Crippen LogP contribution in [0.25, 0.3) is 0 Å². The molecule has 0 aliphatic heterocycles. The lowest BCUT2D eigenvalue weighted by Gasteiger charge is -2.34. The van der Waals surface area contributed by atoms with Crippen molar-refractivity contribution >= 4 is 0 Å². The van der Waals surface area contributed by atoms with Crippen LogP contribution in [-0.4, -0.2) is 0 Å². The molecule has 2 nitrogen and oxygen atoms in total. The standard InChI is InChI=1S/C17H27FN2/c1-3-4-13-6-8-14(9-7-13)17(20-19)16-11-15(18)10-5-12(16)2/h5,10-11,13-14,17,20H,3-4,6-9,19H2,1-2H3. The summed E-state index contributed by atoms with van der Waals surface area (Å²) in [5, 5.41) is 0. The van der Waals surface area contributed by atoms with Gasteiger partial charge in [-0.25, -0.2) is 4.39 Å². The lowest BCUT2D eigenvalue weighted by Crippen LogP contribution is -2.36. The first kappa shape index (κ1) is 15.5. The number of halogens is 1. The van der Waals surface area contributed by atoms with E-state index in [0.29, 0.717) is 5.92 Å². The first-order chi connectivity index (χ1) is 9.65. The number of nitrogens with one attached hydrogen (secondary N) is 1. The van der Waals surface area contributed by atoms with Gasteiger partial charge in [0.1, 0.15) is 5.82 Å². The number of hydrazine groups is 1. The average molecular weight is 278 g/mol. The molecule has 1 aliphatic carbocycles. The highest BCUT2D eigenvalue weighted by atomic mass is 19.1. The zero-order valence-corrected chi connectivity index (χ0v) is 12.7. The molecule has 0 aromatic heterocycles. The van der Waals surface area contributed by atoms with Crippen LogP contribution in [0, 0.1) is 24.6 Å². The van der Waals surface area contributed by atoms with Gasteiger partial charge in [0, 0.05) is 6.04 Å². The molecule has 0 amide bonds. The van der Waals surface area contributed by atoms with Gasteiger partial charge < -0.3 is 0 Å². The van der Waals surface area contributed by atoms with Crippen LogP contribution in [0.5, 0.6) is 0 Å². The minimum absolute atomic E-state index is 0.0771. The van der Waals surface area contributed by atoms with E-state index in [9.17, 15) is 4.39 Å². The molecule has 1 atom stereocenters. The van der Waals surface area contributed by atoms with Crippen LogP contribution in [0.3, 0.4) is 0 Å². The van der Waals surface area contributed by atoms with Gasteiger partial charge in [-0.3, -0.25) is 11.3 Å². The molecule has 112 valence electrons. The van der Waals surface area contributed by atoms with E-state index < -0.39 is 0 Å². The molecule has 0 radical (unpaired) electrons. The Kier molecular flexibility index (Phi) is 5.55. The Labute approximate surface area is 121 Å². The predicted molar refractivity (Wildman–Crippen MR) is 81.6 cm³/mol. The Morgan fingerprint density at radius 2 is 2.00 bits per heavy atom. The van der Waals surface area contributed by atoms with Gasteiger partial charge in [-0.2, -0.15) is 0 Å². The molecule has 1 fully saturated rings. The second kappa shape index (κ2) is 7.19. The second-order valence-electron chi connectivity index (χ2n) is 6.21. The van der Waals surface area contributed by atoms with Crippen LogP contribution in [-0.2, 0) is 0 Å². The van der Waals surface area contributed by atoms with E-state index in [2.05, 4.69) is 12.3 Å². The topological polar surface area (TPSA) is 38.0 Å². The summed E-state index contributed by atoms with van der Waals surface area (Å²) < 4.78 is 13.5. The number of aryl methyl sites for hydroxylation is 1. The molecule has 1 aliphatic rings. The molecule has 1 aromatic rings. The summed E-state index contributed by atoms with van der Waals surface area (Å²) in [5.41, 5.74) is 5.07. The molecule has 0 bridgehead atoms. The zero-order valence-electron chi connectivity index (χ0n) is 12.7. The highest BCUT2D eigenvalue weighted by Gasteiger charge is 2.28. The molecule has 1 saturated carbocycles. The van der Waals surface area contributed by atoms with E-state index in [4.69, 9.17) is 5.84 Å². The van der Waals surface area contributed by atoms with E-state index in [1.165, 1.54) is 44.6 Å². The van der Waals surface area contributed by atoms with E-state index in [1.807, 2.05) is 13.0 Å². The number of nitrogens with two attached hydrogens (primary N) is 1. The van der Waals surface area contributed by atoms with Crippen molar-refractivity contribution in [3.63, 3.8) is 0 Å². The van der Waals surface area contributed by atoms with Crippen LogP contribution in [0.2, 0.25) is 0 Å². The smallest absolute Gasteiger partial charge is 0.123 e. The van der Waals surface area contributed by atoms with Crippen molar-refractivity contribution < 1.29 is 4.39 Å². The fourth-order valence-electron chi connectivity index (χ4n) is 3.64. The molecule has 0 saturated heterocycles. The first-order valence-corrected chi connectivity index (χ1v) is 7.87. The van der Waals surface area contributed by atoms with Gasteiger partial charge in [0.25, 0.3) is 0 Å². The molecule has 2 rings (SSSR count). The third kappa shape index (κ3) is 3.58. The minimum atomic E-state index is -0.175. The molecule has 1 unspecified atom stereocenters. The fourth-order valence-corrected chi connectivity index (χ4v) is 3.64. The van der Waals surface area contributed by atoms with E-state index >= 15 is 0 Å². The highest BCUT2D eigenvalue weighted by Crippen LogP contribution is 2.38. The molecular weight excluding hydrogens is 251 g/mol. The number of hydrogen-bond donors (Lipinski definition) is 2. The van der Waals surface area contributed by atoms with Crippen LogP contribution in [0.1, 0.15) is 62.6 Å². The summed E-state index contributed by atoms with van der Waals surface area (Å²) in [7, 11) is 0. The second-order valence-corrected chi connectivity index (χ2v) is 6.21. The quantitative estimate of drug-likeness (QED) is 0.624. The van der Waals surface area contributed by atoms with Gasteiger partial charge in [-0.15, -0.1) is 0 Å². The SMILES string of the molecule is CCCC1CCC(C(NN)c2cc(F)ccc2C)CC1. The average Bonchev–Trinajstić information content (AvgIpc) is 2.45. The maximum absolute atomic E-state index is 13.5. The van der Waals surface area contributed by atoms with E-state index in [0.717, 1.165) is 17.0 Å². The van der Waals surface area contributed by atoms with Crippen molar-refractivity contribution in [3.05, 3.63) is 35.1 Å². The normalized spacial score (nSPS) is 24.6. The maximum Gasteiger partial charge on any atom is 0.123 e. The molecule has 3 heteroatoms. The Bertz CT molecular complexity index is 425. The molecule has 0 spiro atoms. The van der Waals surface area contributed by atoms with Gasteiger partial charge in [0.05, 0.1) is 0 Å². The Morgan fingerprint density at radius 1 is 1.30 bits per heavy atom. The fraction of sp³-hybridized carbons (Fsp3) is 0.647. The van der Waals surface area contributed by atoms with Crippen molar-refractivity contribution in [2.24, 2.45) is 17.7 Å². The maximum atomic E-state index is 13.5. The van der Waals surface area contributed by atoms with Crippen molar-refractivity contribution in [2.45, 2.75) is 58.4 Å². The summed E-state index contributed by atoms with van der Waals surface area (Å²) in [5.74, 6) is 7.00. The molecular formula is C17H27FN2. The zero-order chi connectivity index (χ0) is 14.5. The lowest BCUT2D eigenvalue weighted by molar-refractivity contribution is 0.214. The van der Waals surface area contributed by atoms with Crippen molar-refractivity contribution in [1.29, 1.82) is 0 Å². The summed E-state index contributed by atoms with van der Waals surface area (Å²) in [6.07, 6.45) is 7.56. The summed E-state index contributed by atoms with van der Waals surface area (Å²) in [6.45, 7) is 4.29. The Morgan fingerprint density at radius 3 is 2.60 bits per heavy atom. The number of benzene rings is 1.